The van der Waals surface area contributed by atoms with Gasteiger partial charge < -0.3 is 9.63 Å². The van der Waals surface area contributed by atoms with E-state index in [-0.39, 0.29) is 16.9 Å². The molecule has 0 atom stereocenters. The van der Waals surface area contributed by atoms with Gasteiger partial charge >= 0.3 is 5.97 Å². The Morgan fingerprint density at radius 2 is 2.00 bits per heavy atom. The van der Waals surface area contributed by atoms with Crippen LogP contribution < -0.4 is 0 Å². The summed E-state index contributed by atoms with van der Waals surface area (Å²) in [5.74, 6) is -0.117. The Morgan fingerprint density at radius 3 is 2.57 bits per heavy atom. The summed E-state index contributed by atoms with van der Waals surface area (Å²) >= 11 is 0. The summed E-state index contributed by atoms with van der Waals surface area (Å²) in [6, 6.07) is 8.34. The fourth-order valence-corrected chi connectivity index (χ4v) is 2.37. The van der Waals surface area contributed by atoms with Gasteiger partial charge in [0.1, 0.15) is 0 Å². The molecule has 108 valence electrons. The average Bonchev–Trinajstić information content (AvgIpc) is 3.13. The molecule has 0 unspecified atom stereocenters. The van der Waals surface area contributed by atoms with Crippen LogP contribution in [-0.2, 0) is 10.2 Å². The Hall–Kier alpha value is -2.43. The van der Waals surface area contributed by atoms with Gasteiger partial charge in [-0.15, -0.1) is 0 Å². The minimum atomic E-state index is -0.991. The van der Waals surface area contributed by atoms with E-state index in [4.69, 9.17) is 9.63 Å². The van der Waals surface area contributed by atoms with E-state index in [1.165, 1.54) is 24.1 Å². The lowest BCUT2D eigenvalue weighted by Gasteiger charge is -2.10. The molecule has 1 N–H and O–H groups in total. The van der Waals surface area contributed by atoms with E-state index in [1.54, 1.807) is 0 Å². The van der Waals surface area contributed by atoms with Gasteiger partial charge in [-0.25, -0.2) is 4.79 Å². The molecule has 1 saturated carbocycles. The van der Waals surface area contributed by atoms with Gasteiger partial charge in [0.2, 0.25) is 0 Å². The van der Waals surface area contributed by atoms with Crippen molar-refractivity contribution in [3.8, 4) is 0 Å². The van der Waals surface area contributed by atoms with E-state index < -0.39 is 5.97 Å². The molecule has 5 nitrogen and oxygen atoms in total. The summed E-state index contributed by atoms with van der Waals surface area (Å²) in [5.41, 5.74) is 2.40. The zero-order valence-electron chi connectivity index (χ0n) is 12.0. The molecule has 1 aromatic carbocycles. The molecular weight excluding hydrogens is 268 g/mol. The van der Waals surface area contributed by atoms with E-state index in [9.17, 15) is 4.79 Å². The lowest BCUT2D eigenvalue weighted by molar-refractivity contribution is -0.132. The summed E-state index contributed by atoms with van der Waals surface area (Å²) in [4.78, 5) is 15.2. The van der Waals surface area contributed by atoms with Gasteiger partial charge in [0.25, 0.3) is 5.89 Å². The first-order valence-corrected chi connectivity index (χ1v) is 6.84. The Labute approximate surface area is 122 Å². The normalized spacial score (nSPS) is 16.8. The molecule has 2 aromatic rings. The zero-order chi connectivity index (χ0) is 15.0. The number of nitrogens with zero attached hydrogens (tertiary/aromatic N) is 2. The van der Waals surface area contributed by atoms with Crippen LogP contribution in [0.25, 0.3) is 6.08 Å². The molecule has 0 amide bonds. The topological polar surface area (TPSA) is 76.2 Å². The second-order valence-electron chi connectivity index (χ2n) is 5.54. The molecule has 1 fully saturated rings. The minimum Gasteiger partial charge on any atom is -0.478 e. The van der Waals surface area contributed by atoms with Crippen LogP contribution in [0, 0.1) is 6.92 Å². The Morgan fingerprint density at radius 1 is 1.33 bits per heavy atom. The second kappa shape index (κ2) is 4.84. The fraction of sp³-hybridized carbons (Fsp3) is 0.312. The lowest BCUT2D eigenvalue weighted by atomic mass is 9.94. The van der Waals surface area contributed by atoms with Gasteiger partial charge in [0.15, 0.2) is 5.82 Å². The van der Waals surface area contributed by atoms with Crippen molar-refractivity contribution in [1.82, 2.24) is 10.1 Å². The van der Waals surface area contributed by atoms with Crippen LogP contribution in [0.3, 0.4) is 0 Å². The maximum Gasteiger partial charge on any atom is 0.331 e. The van der Waals surface area contributed by atoms with Crippen molar-refractivity contribution in [2.75, 3.05) is 0 Å². The Bertz CT molecular complexity index is 709. The third kappa shape index (κ3) is 2.46. The van der Waals surface area contributed by atoms with E-state index in [2.05, 4.69) is 41.3 Å². The van der Waals surface area contributed by atoms with Crippen LogP contribution in [0.15, 0.2) is 34.4 Å². The smallest absolute Gasteiger partial charge is 0.331 e. The second-order valence-corrected chi connectivity index (χ2v) is 5.54. The van der Waals surface area contributed by atoms with E-state index in [0.717, 1.165) is 12.8 Å². The molecule has 1 aromatic heterocycles. The highest BCUT2D eigenvalue weighted by Crippen LogP contribution is 2.52. The van der Waals surface area contributed by atoms with Crippen molar-refractivity contribution < 1.29 is 14.4 Å². The fourth-order valence-electron chi connectivity index (χ4n) is 2.37. The van der Waals surface area contributed by atoms with Crippen molar-refractivity contribution >= 4 is 12.0 Å². The molecular formula is C16H16N2O3. The number of carboxylic acids is 1. The van der Waals surface area contributed by atoms with Crippen LogP contribution in [0.2, 0.25) is 0 Å². The van der Waals surface area contributed by atoms with Crippen molar-refractivity contribution in [3.63, 3.8) is 0 Å². The van der Waals surface area contributed by atoms with E-state index in [0.29, 0.717) is 5.82 Å². The van der Waals surface area contributed by atoms with Crippen LogP contribution in [0.4, 0.5) is 0 Å². The summed E-state index contributed by atoms with van der Waals surface area (Å²) in [7, 11) is 0. The number of carbonyl (C=O) groups is 1. The molecule has 0 saturated heterocycles. The van der Waals surface area contributed by atoms with Gasteiger partial charge in [0.05, 0.1) is 5.41 Å². The first kappa shape index (κ1) is 13.5. The monoisotopic (exact) mass is 284 g/mol. The highest BCUT2D eigenvalue weighted by molar-refractivity contribution is 5.90. The molecule has 3 rings (SSSR count). The molecule has 21 heavy (non-hydrogen) atoms. The summed E-state index contributed by atoms with van der Waals surface area (Å²) in [5, 5.41) is 12.9. The standard InChI is InChI=1S/C16H16N2O3/c1-10-3-5-12(6-4-10)16(7-8-16)15-17-13(21-18-15)9-11(2)14(19)20/h3-6,9H,7-8H2,1-2H3,(H,19,20)/b11-9+. The van der Waals surface area contributed by atoms with Gasteiger partial charge in [-0.2, -0.15) is 4.98 Å². The highest BCUT2D eigenvalue weighted by Gasteiger charge is 2.49. The van der Waals surface area contributed by atoms with Gasteiger partial charge in [-0.1, -0.05) is 35.0 Å². The van der Waals surface area contributed by atoms with Gasteiger partial charge in [-0.3, -0.25) is 0 Å². The molecule has 0 bridgehead atoms. The third-order valence-electron chi connectivity index (χ3n) is 3.90. The third-order valence-corrected chi connectivity index (χ3v) is 3.90. The van der Waals surface area contributed by atoms with Crippen LogP contribution >= 0.6 is 0 Å². The molecule has 5 heteroatoms. The number of rotatable bonds is 4. The summed E-state index contributed by atoms with van der Waals surface area (Å²) < 4.78 is 5.16. The number of benzene rings is 1. The van der Waals surface area contributed by atoms with Crippen LogP contribution in [0.5, 0.6) is 0 Å². The quantitative estimate of drug-likeness (QED) is 0.873. The van der Waals surface area contributed by atoms with Crippen molar-refractivity contribution in [2.24, 2.45) is 0 Å². The van der Waals surface area contributed by atoms with Gasteiger partial charge in [0, 0.05) is 11.6 Å². The maximum atomic E-state index is 10.8. The number of aryl methyl sites for hydroxylation is 1. The Kier molecular flexibility index (Phi) is 3.12. The van der Waals surface area contributed by atoms with E-state index >= 15 is 0 Å². The molecule has 0 spiro atoms. The molecule has 0 aliphatic heterocycles. The maximum absolute atomic E-state index is 10.8. The first-order chi connectivity index (χ1) is 10.0. The lowest BCUT2D eigenvalue weighted by Crippen LogP contribution is -2.10. The number of aromatic nitrogens is 2. The van der Waals surface area contributed by atoms with Gasteiger partial charge in [-0.05, 0) is 32.3 Å². The zero-order valence-corrected chi connectivity index (χ0v) is 12.0. The predicted molar refractivity (Wildman–Crippen MR) is 76.8 cm³/mol. The molecule has 1 heterocycles. The first-order valence-electron chi connectivity index (χ1n) is 6.84. The van der Waals surface area contributed by atoms with Crippen LogP contribution in [-0.4, -0.2) is 21.2 Å². The van der Waals surface area contributed by atoms with E-state index in [1.807, 2.05) is 0 Å². The summed E-state index contributed by atoms with van der Waals surface area (Å²) in [6.45, 7) is 3.55. The largest absolute Gasteiger partial charge is 0.478 e. The van der Waals surface area contributed by atoms with Crippen LogP contribution in [0.1, 0.15) is 42.6 Å². The number of aliphatic carboxylic acids is 1. The Balaban J connectivity index is 1.91. The van der Waals surface area contributed by atoms with Crippen molar-refractivity contribution in [1.29, 1.82) is 0 Å². The minimum absolute atomic E-state index is 0.166. The summed E-state index contributed by atoms with van der Waals surface area (Å²) in [6.07, 6.45) is 3.36. The predicted octanol–water partition coefficient (Wildman–Crippen LogP) is 2.95. The molecule has 0 radical (unpaired) electrons. The highest BCUT2D eigenvalue weighted by atomic mass is 16.5. The molecule has 1 aliphatic rings. The number of carboxylic acid groups (broad SMARTS) is 1. The molecule has 1 aliphatic carbocycles. The number of hydrogen-bond donors (Lipinski definition) is 1. The average molecular weight is 284 g/mol. The SMILES string of the molecule is C/C(=C\c1nc(C2(c3ccc(C)cc3)CC2)no1)C(=O)O. The number of hydrogen-bond acceptors (Lipinski definition) is 4. The van der Waals surface area contributed by atoms with Crippen molar-refractivity contribution in [3.05, 3.63) is 52.7 Å². The van der Waals surface area contributed by atoms with Crippen molar-refractivity contribution in [2.45, 2.75) is 32.1 Å².